The zero-order chi connectivity index (χ0) is 18.7. The Kier molecular flexibility index (Phi) is 5.04. The van der Waals surface area contributed by atoms with Gasteiger partial charge in [0.2, 0.25) is 5.95 Å². The van der Waals surface area contributed by atoms with Gasteiger partial charge in [-0.2, -0.15) is 9.97 Å². The highest BCUT2D eigenvalue weighted by Crippen LogP contribution is 2.24. The summed E-state index contributed by atoms with van der Waals surface area (Å²) in [5, 5.41) is 9.77. The van der Waals surface area contributed by atoms with Crippen molar-refractivity contribution in [3.05, 3.63) is 47.2 Å². The molecule has 0 atom stereocenters. The van der Waals surface area contributed by atoms with Crippen molar-refractivity contribution < 1.29 is 9.90 Å². The first-order chi connectivity index (χ1) is 12.5. The highest BCUT2D eigenvalue weighted by molar-refractivity contribution is 5.90. The third-order valence-electron chi connectivity index (χ3n) is 4.42. The maximum atomic E-state index is 10.9. The van der Waals surface area contributed by atoms with E-state index in [2.05, 4.69) is 26.8 Å². The number of rotatable bonds is 7. The Hall–Kier alpha value is -3.13. The Bertz CT molecular complexity index is 919. The molecule has 8 heteroatoms. The predicted molar refractivity (Wildman–Crippen MR) is 101 cm³/mol. The molecule has 0 aliphatic heterocycles. The van der Waals surface area contributed by atoms with Gasteiger partial charge in [0.15, 0.2) is 0 Å². The van der Waals surface area contributed by atoms with Gasteiger partial charge in [-0.15, -0.1) is 0 Å². The zero-order valence-corrected chi connectivity index (χ0v) is 14.6. The maximum Gasteiger partial charge on any atom is 0.335 e. The summed E-state index contributed by atoms with van der Waals surface area (Å²) in [4.78, 5) is 24.5. The first-order valence-electron chi connectivity index (χ1n) is 8.41. The van der Waals surface area contributed by atoms with Crippen LogP contribution in [0.2, 0.25) is 0 Å². The number of aromatic nitrogens is 3. The van der Waals surface area contributed by atoms with E-state index >= 15 is 0 Å². The molecule has 0 spiro atoms. The minimum Gasteiger partial charge on any atom is -0.478 e. The van der Waals surface area contributed by atoms with Crippen molar-refractivity contribution in [2.24, 2.45) is 0 Å². The predicted octanol–water partition coefficient (Wildman–Crippen LogP) is 1.89. The van der Waals surface area contributed by atoms with E-state index in [0.29, 0.717) is 23.6 Å². The number of carbonyl (C=O) groups is 1. The third-order valence-corrected chi connectivity index (χ3v) is 4.42. The molecule has 2 aromatic heterocycles. The number of carboxylic acids is 1. The van der Waals surface area contributed by atoms with E-state index in [1.54, 1.807) is 12.1 Å². The number of hydrogen-bond acceptors (Lipinski definition) is 6. The SMILES string of the molecule is CCN(CCc1ccc(C(=O)O)cc1)Cc1c[nH]c2nc(N)nc(N)c12. The van der Waals surface area contributed by atoms with Crippen molar-refractivity contribution >= 4 is 28.8 Å². The highest BCUT2D eigenvalue weighted by atomic mass is 16.4. The summed E-state index contributed by atoms with van der Waals surface area (Å²) in [6, 6.07) is 6.99. The van der Waals surface area contributed by atoms with Crippen molar-refractivity contribution in [3.63, 3.8) is 0 Å². The van der Waals surface area contributed by atoms with Crippen LogP contribution in [0.25, 0.3) is 11.0 Å². The monoisotopic (exact) mass is 354 g/mol. The van der Waals surface area contributed by atoms with Crippen molar-refractivity contribution in [1.82, 2.24) is 19.9 Å². The van der Waals surface area contributed by atoms with E-state index < -0.39 is 5.97 Å². The number of fused-ring (bicyclic) bond motifs is 1. The number of nitrogen functional groups attached to an aromatic ring is 2. The molecule has 0 bridgehead atoms. The number of carboxylic acid groups (broad SMARTS) is 1. The molecule has 0 aliphatic carbocycles. The minimum atomic E-state index is -0.911. The van der Waals surface area contributed by atoms with Crippen molar-refractivity contribution in [2.75, 3.05) is 24.6 Å². The standard InChI is InChI=1S/C18H22N6O2/c1-2-24(8-7-11-3-5-12(6-4-11)17(25)26)10-13-9-21-16-14(13)15(19)22-18(20)23-16/h3-6,9H,2,7-8,10H2,1H3,(H,25,26)(H5,19,20,21,22,23). The second-order valence-electron chi connectivity index (χ2n) is 6.13. The number of hydrogen-bond donors (Lipinski definition) is 4. The largest absolute Gasteiger partial charge is 0.478 e. The van der Waals surface area contributed by atoms with E-state index in [9.17, 15) is 4.79 Å². The number of anilines is 2. The van der Waals surface area contributed by atoms with Gasteiger partial charge in [-0.05, 0) is 36.2 Å². The third kappa shape index (κ3) is 3.75. The average molecular weight is 354 g/mol. The van der Waals surface area contributed by atoms with E-state index in [-0.39, 0.29) is 5.95 Å². The van der Waals surface area contributed by atoms with Gasteiger partial charge in [-0.3, -0.25) is 4.90 Å². The average Bonchev–Trinajstić information content (AvgIpc) is 3.01. The maximum absolute atomic E-state index is 10.9. The van der Waals surface area contributed by atoms with Crippen LogP contribution in [0.5, 0.6) is 0 Å². The molecule has 2 heterocycles. The van der Waals surface area contributed by atoms with E-state index in [0.717, 1.165) is 36.0 Å². The van der Waals surface area contributed by atoms with Gasteiger partial charge in [-0.1, -0.05) is 19.1 Å². The van der Waals surface area contributed by atoms with Crippen LogP contribution < -0.4 is 11.5 Å². The van der Waals surface area contributed by atoms with Crippen LogP contribution in [-0.4, -0.2) is 44.0 Å². The fourth-order valence-electron chi connectivity index (χ4n) is 2.96. The van der Waals surface area contributed by atoms with Gasteiger partial charge in [0, 0.05) is 19.3 Å². The molecule has 0 saturated carbocycles. The minimum absolute atomic E-state index is 0.153. The summed E-state index contributed by atoms with van der Waals surface area (Å²) in [6.07, 6.45) is 2.72. The first-order valence-corrected chi connectivity index (χ1v) is 8.41. The number of nitrogens with zero attached hydrogens (tertiary/aromatic N) is 3. The van der Waals surface area contributed by atoms with Crippen molar-refractivity contribution in [3.8, 4) is 0 Å². The topological polar surface area (TPSA) is 134 Å². The molecule has 0 saturated heterocycles. The molecular weight excluding hydrogens is 332 g/mol. The number of benzene rings is 1. The Morgan fingerprint density at radius 2 is 1.96 bits per heavy atom. The van der Waals surface area contributed by atoms with Gasteiger partial charge in [-0.25, -0.2) is 4.79 Å². The second kappa shape index (κ2) is 7.40. The number of nitrogens with two attached hydrogens (primary N) is 2. The van der Waals surface area contributed by atoms with Gasteiger partial charge in [0.05, 0.1) is 10.9 Å². The van der Waals surface area contributed by atoms with Gasteiger partial charge in [0.1, 0.15) is 11.5 Å². The molecule has 0 radical (unpaired) electrons. The van der Waals surface area contributed by atoms with Gasteiger partial charge < -0.3 is 21.6 Å². The van der Waals surface area contributed by atoms with Crippen LogP contribution >= 0.6 is 0 Å². The Labute approximate surface area is 150 Å². The Morgan fingerprint density at radius 3 is 2.62 bits per heavy atom. The highest BCUT2D eigenvalue weighted by Gasteiger charge is 2.13. The quantitative estimate of drug-likeness (QED) is 0.509. The van der Waals surface area contributed by atoms with Crippen molar-refractivity contribution in [2.45, 2.75) is 19.9 Å². The first kappa shape index (κ1) is 17.7. The molecule has 0 aliphatic rings. The molecule has 8 nitrogen and oxygen atoms in total. The molecule has 0 amide bonds. The van der Waals surface area contributed by atoms with Crippen molar-refractivity contribution in [1.29, 1.82) is 0 Å². The summed E-state index contributed by atoms with van der Waals surface area (Å²) >= 11 is 0. The van der Waals surface area contributed by atoms with E-state index in [4.69, 9.17) is 16.6 Å². The lowest BCUT2D eigenvalue weighted by Gasteiger charge is -2.20. The lowest BCUT2D eigenvalue weighted by molar-refractivity contribution is 0.0697. The summed E-state index contributed by atoms with van der Waals surface area (Å²) in [5.74, 6) is -0.379. The van der Waals surface area contributed by atoms with Crippen LogP contribution in [0.15, 0.2) is 30.5 Å². The molecule has 3 aromatic rings. The van der Waals surface area contributed by atoms with E-state index in [1.165, 1.54) is 0 Å². The second-order valence-corrected chi connectivity index (χ2v) is 6.13. The Morgan fingerprint density at radius 1 is 1.23 bits per heavy atom. The Balaban J connectivity index is 1.69. The number of aromatic amines is 1. The lowest BCUT2D eigenvalue weighted by atomic mass is 10.1. The lowest BCUT2D eigenvalue weighted by Crippen LogP contribution is -2.25. The molecule has 0 unspecified atom stereocenters. The number of H-pyrrole nitrogens is 1. The van der Waals surface area contributed by atoms with Crippen LogP contribution in [0.4, 0.5) is 11.8 Å². The molecular formula is C18H22N6O2. The molecule has 3 rings (SSSR count). The normalized spacial score (nSPS) is 11.3. The molecule has 26 heavy (non-hydrogen) atoms. The van der Waals surface area contributed by atoms with Crippen LogP contribution in [0.3, 0.4) is 0 Å². The summed E-state index contributed by atoms with van der Waals surface area (Å²) in [5.41, 5.74) is 14.7. The number of likely N-dealkylation sites (N-methyl/N-ethyl adjacent to an activating group) is 1. The van der Waals surface area contributed by atoms with E-state index in [1.807, 2.05) is 18.3 Å². The molecule has 6 N–H and O–H groups in total. The number of aromatic carboxylic acids is 1. The van der Waals surface area contributed by atoms with Crippen LogP contribution in [-0.2, 0) is 13.0 Å². The fraction of sp³-hybridized carbons (Fsp3) is 0.278. The summed E-state index contributed by atoms with van der Waals surface area (Å²) in [7, 11) is 0. The fourth-order valence-corrected chi connectivity index (χ4v) is 2.96. The molecule has 136 valence electrons. The van der Waals surface area contributed by atoms with Crippen LogP contribution in [0, 0.1) is 0 Å². The number of nitrogens with one attached hydrogen (secondary N) is 1. The van der Waals surface area contributed by atoms with Gasteiger partial charge >= 0.3 is 5.97 Å². The zero-order valence-electron chi connectivity index (χ0n) is 14.6. The molecule has 0 fully saturated rings. The molecule has 1 aromatic carbocycles. The van der Waals surface area contributed by atoms with Gasteiger partial charge in [0.25, 0.3) is 0 Å². The summed E-state index contributed by atoms with van der Waals surface area (Å²) in [6.45, 7) is 4.52. The van der Waals surface area contributed by atoms with Crippen LogP contribution in [0.1, 0.15) is 28.4 Å². The smallest absolute Gasteiger partial charge is 0.335 e. The summed E-state index contributed by atoms with van der Waals surface area (Å²) < 4.78 is 0.